The zero-order valence-corrected chi connectivity index (χ0v) is 15.5. The minimum absolute atomic E-state index is 0.0981. The molecule has 2 heterocycles. The summed E-state index contributed by atoms with van der Waals surface area (Å²) in [5.41, 5.74) is 0.814. The summed E-state index contributed by atoms with van der Waals surface area (Å²) in [4.78, 5) is 23.8. The van der Waals surface area contributed by atoms with Crippen LogP contribution in [0.4, 0.5) is 5.69 Å². The largest absolute Gasteiger partial charge is 0.450 e. The highest BCUT2D eigenvalue weighted by Gasteiger charge is 2.27. The number of amides is 1. The van der Waals surface area contributed by atoms with Gasteiger partial charge < -0.3 is 14.6 Å². The van der Waals surface area contributed by atoms with Crippen LogP contribution >= 0.6 is 0 Å². The summed E-state index contributed by atoms with van der Waals surface area (Å²) in [6, 6.07) is 7.36. The van der Waals surface area contributed by atoms with E-state index >= 15 is 0 Å². The lowest BCUT2D eigenvalue weighted by Crippen LogP contribution is -2.28. The van der Waals surface area contributed by atoms with Crippen LogP contribution in [0.2, 0.25) is 0 Å². The fraction of sp³-hybridized carbons (Fsp3) is 0.353. The molecule has 1 aliphatic rings. The number of esters is 1. The Kier molecular flexibility index (Phi) is 5.57. The second-order valence-electron chi connectivity index (χ2n) is 6.10. The fourth-order valence-corrected chi connectivity index (χ4v) is 4.23. The molecule has 2 aromatic rings. The van der Waals surface area contributed by atoms with Crippen molar-refractivity contribution >= 4 is 27.6 Å². The molecule has 0 aliphatic carbocycles. The van der Waals surface area contributed by atoms with Crippen molar-refractivity contribution in [3.05, 3.63) is 41.8 Å². The molecule has 27 heavy (non-hydrogen) atoms. The Hall–Kier alpha value is -2.72. The van der Waals surface area contributed by atoms with Crippen LogP contribution in [-0.4, -0.2) is 49.5 Å². The molecule has 0 unspecified atom stereocenters. The molecule has 0 saturated carbocycles. The normalized spacial score (nSPS) is 14.9. The molecule has 1 aliphatic heterocycles. The van der Waals surface area contributed by atoms with Crippen molar-refractivity contribution in [2.24, 2.45) is 0 Å². The highest BCUT2D eigenvalue weighted by atomic mass is 32.2. The van der Waals surface area contributed by atoms with Gasteiger partial charge in [0, 0.05) is 24.8 Å². The van der Waals surface area contributed by atoms with Crippen molar-refractivity contribution in [3.63, 3.8) is 0 Å². The van der Waals surface area contributed by atoms with Crippen molar-refractivity contribution in [1.82, 2.24) is 9.46 Å². The number of carbonyl (C=O) groups is 2. The van der Waals surface area contributed by atoms with Gasteiger partial charge >= 0.3 is 5.97 Å². The Morgan fingerprint density at radius 3 is 2.67 bits per heavy atom. The molecule has 1 saturated heterocycles. The number of aromatic nitrogens is 1. The van der Waals surface area contributed by atoms with Crippen LogP contribution in [0.15, 0.2) is 39.8 Å². The number of anilines is 1. The summed E-state index contributed by atoms with van der Waals surface area (Å²) in [6.45, 7) is 2.10. The lowest BCUT2D eigenvalue weighted by atomic mass is 10.3. The summed E-state index contributed by atoms with van der Waals surface area (Å²) in [7, 11) is -3.58. The van der Waals surface area contributed by atoms with E-state index in [9.17, 15) is 18.0 Å². The highest BCUT2D eigenvalue weighted by Crippen LogP contribution is 2.23. The van der Waals surface area contributed by atoms with Crippen LogP contribution in [0.3, 0.4) is 0 Å². The van der Waals surface area contributed by atoms with E-state index in [1.54, 1.807) is 19.1 Å². The third-order valence-corrected chi connectivity index (χ3v) is 5.88. The molecule has 1 N–H and O–H groups in total. The van der Waals surface area contributed by atoms with E-state index in [4.69, 9.17) is 9.26 Å². The maximum Gasteiger partial charge on any atom is 0.377 e. The van der Waals surface area contributed by atoms with E-state index < -0.39 is 28.5 Å². The highest BCUT2D eigenvalue weighted by molar-refractivity contribution is 7.89. The van der Waals surface area contributed by atoms with Crippen LogP contribution in [0.1, 0.15) is 29.1 Å². The van der Waals surface area contributed by atoms with E-state index in [0.29, 0.717) is 24.5 Å². The molecule has 9 nitrogen and oxygen atoms in total. The van der Waals surface area contributed by atoms with Gasteiger partial charge in [-0.15, -0.1) is 0 Å². The van der Waals surface area contributed by atoms with Crippen LogP contribution in [0, 0.1) is 6.92 Å². The molecule has 1 aromatic heterocycles. The van der Waals surface area contributed by atoms with Gasteiger partial charge in [0.2, 0.25) is 15.8 Å². The van der Waals surface area contributed by atoms with Crippen molar-refractivity contribution in [2.45, 2.75) is 24.7 Å². The molecule has 10 heteroatoms. The van der Waals surface area contributed by atoms with Crippen LogP contribution in [-0.2, 0) is 19.6 Å². The number of ether oxygens (including phenoxy) is 1. The predicted octanol–water partition coefficient (Wildman–Crippen LogP) is 1.56. The number of benzene rings is 1. The van der Waals surface area contributed by atoms with Crippen molar-refractivity contribution in [1.29, 1.82) is 0 Å². The fourth-order valence-electron chi connectivity index (χ4n) is 2.67. The van der Waals surface area contributed by atoms with Gasteiger partial charge in [0.25, 0.3) is 5.91 Å². The molecular formula is C17H19N3O6S. The number of nitrogens with zero attached hydrogens (tertiary/aromatic N) is 2. The van der Waals surface area contributed by atoms with Crippen LogP contribution in [0.25, 0.3) is 0 Å². The van der Waals surface area contributed by atoms with Crippen LogP contribution < -0.4 is 5.32 Å². The number of nitrogens with one attached hydrogen (secondary N) is 1. The van der Waals surface area contributed by atoms with Gasteiger partial charge in [-0.2, -0.15) is 4.31 Å². The molecule has 0 radical (unpaired) electrons. The number of sulfonamides is 1. The van der Waals surface area contributed by atoms with Gasteiger partial charge in [0.15, 0.2) is 6.61 Å². The minimum Gasteiger partial charge on any atom is -0.450 e. The average molecular weight is 393 g/mol. The molecule has 0 bridgehead atoms. The first-order chi connectivity index (χ1) is 12.9. The smallest absolute Gasteiger partial charge is 0.377 e. The summed E-state index contributed by atoms with van der Waals surface area (Å²) in [5, 5.41) is 6.07. The second-order valence-corrected chi connectivity index (χ2v) is 8.03. The Bertz CT molecular complexity index is 947. The molecule has 0 spiro atoms. The zero-order chi connectivity index (χ0) is 19.4. The monoisotopic (exact) mass is 393 g/mol. The average Bonchev–Trinajstić information content (AvgIpc) is 3.32. The molecule has 0 atom stereocenters. The number of hydrogen-bond donors (Lipinski definition) is 1. The summed E-state index contributed by atoms with van der Waals surface area (Å²) in [6.07, 6.45) is 1.68. The summed E-state index contributed by atoms with van der Waals surface area (Å²) < 4.78 is 36.2. The Morgan fingerprint density at radius 2 is 2.00 bits per heavy atom. The van der Waals surface area contributed by atoms with E-state index in [0.717, 1.165) is 12.8 Å². The molecule has 3 rings (SSSR count). The Morgan fingerprint density at radius 1 is 1.26 bits per heavy atom. The maximum absolute atomic E-state index is 12.6. The summed E-state index contributed by atoms with van der Waals surface area (Å²) >= 11 is 0. The Labute approximate surface area is 156 Å². The molecule has 1 amide bonds. The number of aryl methyl sites for hydroxylation is 1. The first-order valence-corrected chi connectivity index (χ1v) is 9.81. The van der Waals surface area contributed by atoms with E-state index in [1.807, 2.05) is 0 Å². The number of rotatable bonds is 6. The SMILES string of the molecule is Cc1cc(C(=O)OCC(=O)Nc2cccc(S(=O)(=O)N3CCCC3)c2)on1. The van der Waals surface area contributed by atoms with Gasteiger partial charge in [0.1, 0.15) is 0 Å². The minimum atomic E-state index is -3.58. The van der Waals surface area contributed by atoms with Crippen molar-refractivity contribution in [3.8, 4) is 0 Å². The molecular weight excluding hydrogens is 374 g/mol. The molecule has 1 fully saturated rings. The number of hydrogen-bond acceptors (Lipinski definition) is 7. The van der Waals surface area contributed by atoms with Crippen molar-refractivity contribution in [2.75, 3.05) is 25.0 Å². The lowest BCUT2D eigenvalue weighted by molar-refractivity contribution is -0.119. The zero-order valence-electron chi connectivity index (χ0n) is 14.7. The van der Waals surface area contributed by atoms with E-state index in [1.165, 1.54) is 22.5 Å². The van der Waals surface area contributed by atoms with Gasteiger partial charge in [0.05, 0.1) is 10.6 Å². The predicted molar refractivity (Wildman–Crippen MR) is 94.6 cm³/mol. The van der Waals surface area contributed by atoms with Gasteiger partial charge in [-0.3, -0.25) is 4.79 Å². The van der Waals surface area contributed by atoms with E-state index in [-0.39, 0.29) is 10.7 Å². The van der Waals surface area contributed by atoms with Gasteiger partial charge in [-0.1, -0.05) is 11.2 Å². The number of carbonyl (C=O) groups excluding carboxylic acids is 2. The summed E-state index contributed by atoms with van der Waals surface area (Å²) in [5.74, 6) is -1.51. The topological polar surface area (TPSA) is 119 Å². The van der Waals surface area contributed by atoms with Crippen molar-refractivity contribution < 1.29 is 27.3 Å². The lowest BCUT2D eigenvalue weighted by Gasteiger charge is -2.16. The standard InChI is InChI=1S/C17H19N3O6S/c1-12-9-15(26-19-12)17(22)25-11-16(21)18-13-5-4-6-14(10-13)27(23,24)20-7-2-3-8-20/h4-6,9-10H,2-3,7-8,11H2,1H3,(H,18,21). The third kappa shape index (κ3) is 4.52. The quantitative estimate of drug-likeness (QED) is 0.740. The molecule has 144 valence electrons. The molecule has 1 aromatic carbocycles. The second kappa shape index (κ2) is 7.89. The van der Waals surface area contributed by atoms with Gasteiger partial charge in [-0.25, -0.2) is 13.2 Å². The first kappa shape index (κ1) is 19.1. The third-order valence-electron chi connectivity index (χ3n) is 3.98. The first-order valence-electron chi connectivity index (χ1n) is 8.37. The maximum atomic E-state index is 12.6. The van der Waals surface area contributed by atoms with E-state index in [2.05, 4.69) is 10.5 Å². The Balaban J connectivity index is 1.60. The van der Waals surface area contributed by atoms with Crippen LogP contribution in [0.5, 0.6) is 0 Å². The van der Waals surface area contributed by atoms with Gasteiger partial charge in [-0.05, 0) is 38.0 Å².